The number of phenols is 1. The lowest BCUT2D eigenvalue weighted by Crippen LogP contribution is -2.18. The first-order valence-corrected chi connectivity index (χ1v) is 11.5. The van der Waals surface area contributed by atoms with Gasteiger partial charge < -0.3 is 10.8 Å². The molecule has 0 spiro atoms. The van der Waals surface area contributed by atoms with Crippen LogP contribution in [0, 0.1) is 0 Å². The Hall–Kier alpha value is -5.59. The minimum absolute atomic E-state index is 0.0278. The van der Waals surface area contributed by atoms with Gasteiger partial charge in [0, 0.05) is 49.4 Å². The molecule has 0 bridgehead atoms. The highest BCUT2D eigenvalue weighted by Gasteiger charge is 2.27. The monoisotopic (exact) mass is 507 g/mol. The number of carbonyl (C=O) groups excluding carboxylic acids is 1. The first-order chi connectivity index (χ1) is 18.4. The van der Waals surface area contributed by atoms with Crippen LogP contribution in [0.15, 0.2) is 73.6 Å². The Kier molecular flexibility index (Phi) is 5.30. The number of aryl methyl sites for hydroxylation is 2. The van der Waals surface area contributed by atoms with E-state index in [9.17, 15) is 9.90 Å². The Morgan fingerprint density at radius 3 is 2.26 bits per heavy atom. The number of nitrogens with zero attached hydrogens (tertiary/aromatic N) is 10. The van der Waals surface area contributed by atoms with Crippen LogP contribution in [0.1, 0.15) is 10.4 Å². The number of primary amides is 1. The number of amides is 1. The van der Waals surface area contributed by atoms with Gasteiger partial charge in [-0.25, -0.2) is 19.5 Å². The molecule has 4 heterocycles. The van der Waals surface area contributed by atoms with E-state index in [0.717, 1.165) is 5.56 Å². The normalized spacial score (nSPS) is 11.2. The third-order valence-corrected chi connectivity index (χ3v) is 5.82. The van der Waals surface area contributed by atoms with Crippen molar-refractivity contribution in [1.29, 1.82) is 0 Å². The number of anilines is 3. The smallest absolute Gasteiger partial charge is 0.256 e. The van der Waals surface area contributed by atoms with Gasteiger partial charge in [0.25, 0.3) is 5.91 Å². The van der Waals surface area contributed by atoms with E-state index in [-0.39, 0.29) is 17.1 Å². The lowest BCUT2D eigenvalue weighted by Gasteiger charge is -2.24. The van der Waals surface area contributed by atoms with Gasteiger partial charge >= 0.3 is 0 Å². The zero-order chi connectivity index (χ0) is 26.4. The fourth-order valence-electron chi connectivity index (χ4n) is 4.23. The molecule has 0 aliphatic carbocycles. The molecule has 0 unspecified atom stereocenters. The van der Waals surface area contributed by atoms with Crippen molar-refractivity contribution in [3.05, 3.63) is 79.1 Å². The largest absolute Gasteiger partial charge is 0.508 e. The highest BCUT2D eigenvalue weighted by atomic mass is 16.3. The molecule has 13 heteroatoms. The van der Waals surface area contributed by atoms with Crippen molar-refractivity contribution in [2.45, 2.75) is 0 Å². The van der Waals surface area contributed by atoms with Crippen LogP contribution in [-0.2, 0) is 14.1 Å². The van der Waals surface area contributed by atoms with E-state index in [1.165, 1.54) is 4.52 Å². The number of benzene rings is 2. The molecule has 38 heavy (non-hydrogen) atoms. The minimum atomic E-state index is -0.701. The average molecular weight is 508 g/mol. The quantitative estimate of drug-likeness (QED) is 0.345. The van der Waals surface area contributed by atoms with Crippen molar-refractivity contribution in [1.82, 2.24) is 44.1 Å². The summed E-state index contributed by atoms with van der Waals surface area (Å²) in [6, 6.07) is 14.0. The Morgan fingerprint density at radius 1 is 0.868 bits per heavy atom. The molecule has 188 valence electrons. The summed E-state index contributed by atoms with van der Waals surface area (Å²) >= 11 is 0. The summed E-state index contributed by atoms with van der Waals surface area (Å²) in [4.78, 5) is 27.4. The second-order valence-corrected chi connectivity index (χ2v) is 8.56. The van der Waals surface area contributed by atoms with Crippen LogP contribution in [0.2, 0.25) is 0 Å². The van der Waals surface area contributed by atoms with E-state index in [2.05, 4.69) is 30.2 Å². The highest BCUT2D eigenvalue weighted by molar-refractivity contribution is 6.05. The van der Waals surface area contributed by atoms with Gasteiger partial charge in [0.05, 0.1) is 5.69 Å². The molecule has 0 saturated carbocycles. The molecular formula is C25H21N11O2. The van der Waals surface area contributed by atoms with Crippen molar-refractivity contribution in [2.24, 2.45) is 19.8 Å². The Labute approximate surface area is 215 Å². The topological polar surface area (TPSA) is 158 Å². The molecule has 0 radical (unpaired) electrons. The number of aromatic nitrogens is 9. The molecule has 0 aliphatic heterocycles. The Bertz CT molecular complexity index is 1820. The highest BCUT2D eigenvalue weighted by Crippen LogP contribution is 2.40. The number of carbonyl (C=O) groups is 1. The summed E-state index contributed by atoms with van der Waals surface area (Å²) in [5.41, 5.74) is 8.67. The fraction of sp³-hybridized carbons (Fsp3) is 0.0800. The molecule has 6 rings (SSSR count). The maximum Gasteiger partial charge on any atom is 0.256 e. The fourth-order valence-corrected chi connectivity index (χ4v) is 4.23. The minimum Gasteiger partial charge on any atom is -0.508 e. The molecule has 0 aliphatic rings. The van der Waals surface area contributed by atoms with Crippen LogP contribution in [0.25, 0.3) is 28.4 Å². The van der Waals surface area contributed by atoms with E-state index < -0.39 is 5.91 Å². The third-order valence-electron chi connectivity index (χ3n) is 5.82. The van der Waals surface area contributed by atoms with Crippen LogP contribution >= 0.6 is 0 Å². The zero-order valence-corrected chi connectivity index (χ0v) is 20.3. The van der Waals surface area contributed by atoms with Crippen molar-refractivity contribution in [2.75, 3.05) is 4.90 Å². The number of rotatable bonds is 6. The van der Waals surface area contributed by atoms with Crippen LogP contribution in [0.3, 0.4) is 0 Å². The SMILES string of the molecule is Cn1cnc(-c2cccc(N(c3cc(O)cc(-c4ncn(C)n4)c3)c3nn4cccnc4c3C(N)=O)c2)n1. The van der Waals surface area contributed by atoms with Crippen LogP contribution in [0.5, 0.6) is 5.75 Å². The van der Waals surface area contributed by atoms with Crippen molar-refractivity contribution in [3.8, 4) is 28.5 Å². The number of hydrogen-bond donors (Lipinski definition) is 2. The van der Waals surface area contributed by atoms with E-state index in [1.54, 1.807) is 77.7 Å². The molecule has 0 saturated heterocycles. The summed E-state index contributed by atoms with van der Waals surface area (Å²) in [6.45, 7) is 0. The van der Waals surface area contributed by atoms with Gasteiger partial charge in [-0.05, 0) is 30.3 Å². The number of nitrogens with two attached hydrogens (primary N) is 1. The van der Waals surface area contributed by atoms with Crippen LogP contribution in [0.4, 0.5) is 17.2 Å². The lowest BCUT2D eigenvalue weighted by molar-refractivity contribution is 0.100. The predicted octanol–water partition coefficient (Wildman–Crippen LogP) is 2.59. The van der Waals surface area contributed by atoms with Crippen molar-refractivity contribution < 1.29 is 9.90 Å². The van der Waals surface area contributed by atoms with E-state index in [4.69, 9.17) is 5.73 Å². The Morgan fingerprint density at radius 2 is 1.58 bits per heavy atom. The van der Waals surface area contributed by atoms with Crippen molar-refractivity contribution in [3.63, 3.8) is 0 Å². The van der Waals surface area contributed by atoms with Gasteiger partial charge in [-0.2, -0.15) is 10.2 Å². The summed E-state index contributed by atoms with van der Waals surface area (Å²) in [5.74, 6) is 0.444. The molecule has 2 aromatic carbocycles. The van der Waals surface area contributed by atoms with E-state index >= 15 is 0 Å². The molecule has 3 N–H and O–H groups in total. The lowest BCUT2D eigenvalue weighted by atomic mass is 10.1. The number of phenolic OH excluding ortho intramolecular Hbond substituents is 1. The predicted molar refractivity (Wildman–Crippen MR) is 138 cm³/mol. The zero-order valence-electron chi connectivity index (χ0n) is 20.3. The van der Waals surface area contributed by atoms with E-state index in [0.29, 0.717) is 34.2 Å². The van der Waals surface area contributed by atoms with Crippen LogP contribution in [-0.4, -0.2) is 55.1 Å². The molecule has 4 aromatic heterocycles. The number of fused-ring (bicyclic) bond motifs is 1. The average Bonchev–Trinajstić information content (AvgIpc) is 3.62. The second-order valence-electron chi connectivity index (χ2n) is 8.56. The summed E-state index contributed by atoms with van der Waals surface area (Å²) in [5, 5.41) is 24.1. The van der Waals surface area contributed by atoms with Gasteiger partial charge in [0.1, 0.15) is 24.0 Å². The van der Waals surface area contributed by atoms with Gasteiger partial charge in [0.15, 0.2) is 23.1 Å². The van der Waals surface area contributed by atoms with Gasteiger partial charge in [-0.1, -0.05) is 12.1 Å². The molecule has 13 nitrogen and oxygen atoms in total. The summed E-state index contributed by atoms with van der Waals surface area (Å²) in [6.07, 6.45) is 6.42. The van der Waals surface area contributed by atoms with Crippen LogP contribution < -0.4 is 10.6 Å². The molecule has 0 atom stereocenters. The maximum absolute atomic E-state index is 12.7. The molecular weight excluding hydrogens is 486 g/mol. The summed E-state index contributed by atoms with van der Waals surface area (Å²) in [7, 11) is 3.54. The first-order valence-electron chi connectivity index (χ1n) is 11.5. The maximum atomic E-state index is 12.7. The van der Waals surface area contributed by atoms with Gasteiger partial charge in [0.2, 0.25) is 0 Å². The number of aromatic hydroxyl groups is 1. The van der Waals surface area contributed by atoms with Gasteiger partial charge in [-0.3, -0.25) is 19.1 Å². The third kappa shape index (κ3) is 3.97. The first kappa shape index (κ1) is 22.8. The standard InChI is InChI=1S/C25H21N11O2/c1-33-13-28-22(30-33)15-5-3-6-17(9-15)36(25-20(21(26)38)24-27-7-4-8-35(24)32-25)18-10-16(11-19(37)12-18)23-29-14-34(2)31-23/h3-14,37H,1-2H3,(H2,26,38). The Balaban J connectivity index is 1.61. The number of hydrogen-bond acceptors (Lipinski definition) is 9. The second kappa shape index (κ2) is 8.81. The molecule has 0 fully saturated rings. The molecule has 1 amide bonds. The van der Waals surface area contributed by atoms with Gasteiger partial charge in [-0.15, -0.1) is 5.10 Å². The summed E-state index contributed by atoms with van der Waals surface area (Å²) < 4.78 is 4.66. The van der Waals surface area contributed by atoms with E-state index in [1.807, 2.05) is 24.3 Å². The van der Waals surface area contributed by atoms with Crippen molar-refractivity contribution >= 4 is 28.7 Å². The molecule has 6 aromatic rings.